The Morgan fingerprint density at radius 2 is 2.04 bits per heavy atom. The van der Waals surface area contributed by atoms with E-state index >= 15 is 0 Å². The smallest absolute Gasteiger partial charge is 0.227 e. The third kappa shape index (κ3) is 4.10. The lowest BCUT2D eigenvalue weighted by molar-refractivity contribution is -0.134. The SMILES string of the molecule is Cc1nnsc1C(C)Nc1ccc(CC(=O)N2CCOCC2)cc1. The maximum atomic E-state index is 12.3. The number of morpholine rings is 1. The van der Waals surface area contributed by atoms with Gasteiger partial charge in [-0.15, -0.1) is 5.10 Å². The number of ether oxygens (including phenoxy) is 1. The molecule has 0 spiro atoms. The van der Waals surface area contributed by atoms with Gasteiger partial charge in [0.1, 0.15) is 0 Å². The van der Waals surface area contributed by atoms with Crippen molar-refractivity contribution in [3.05, 3.63) is 40.4 Å². The zero-order valence-corrected chi connectivity index (χ0v) is 14.8. The van der Waals surface area contributed by atoms with E-state index < -0.39 is 0 Å². The van der Waals surface area contributed by atoms with Gasteiger partial charge < -0.3 is 15.0 Å². The van der Waals surface area contributed by atoms with Crippen LogP contribution in [0.2, 0.25) is 0 Å². The molecule has 0 aliphatic carbocycles. The normalized spacial score (nSPS) is 16.0. The van der Waals surface area contributed by atoms with Crippen molar-refractivity contribution in [2.45, 2.75) is 26.3 Å². The molecule has 1 fully saturated rings. The molecule has 0 saturated carbocycles. The second-order valence-electron chi connectivity index (χ2n) is 5.96. The summed E-state index contributed by atoms with van der Waals surface area (Å²) in [7, 11) is 0. The van der Waals surface area contributed by atoms with Gasteiger partial charge in [-0.1, -0.05) is 16.6 Å². The van der Waals surface area contributed by atoms with Crippen molar-refractivity contribution in [1.29, 1.82) is 0 Å². The van der Waals surface area contributed by atoms with Crippen molar-refractivity contribution >= 4 is 23.1 Å². The van der Waals surface area contributed by atoms with Gasteiger partial charge in [0.2, 0.25) is 5.91 Å². The van der Waals surface area contributed by atoms with Crippen LogP contribution in [0.4, 0.5) is 5.69 Å². The average molecular weight is 346 g/mol. The molecule has 1 aliphatic rings. The third-order valence-electron chi connectivity index (χ3n) is 4.14. The fourth-order valence-corrected chi connectivity index (χ4v) is 3.41. The lowest BCUT2D eigenvalue weighted by atomic mass is 10.1. The fraction of sp³-hybridized carbons (Fsp3) is 0.471. The molecule has 1 aliphatic heterocycles. The summed E-state index contributed by atoms with van der Waals surface area (Å²) >= 11 is 1.42. The number of carbonyl (C=O) groups excluding carboxylic acids is 1. The van der Waals surface area contributed by atoms with Gasteiger partial charge in [-0.25, -0.2) is 0 Å². The first-order valence-corrected chi connectivity index (χ1v) is 8.90. The van der Waals surface area contributed by atoms with E-state index in [4.69, 9.17) is 4.74 Å². The van der Waals surface area contributed by atoms with Crippen LogP contribution in [0.5, 0.6) is 0 Å². The number of aromatic nitrogens is 2. The number of benzene rings is 1. The Balaban J connectivity index is 1.57. The maximum absolute atomic E-state index is 12.3. The quantitative estimate of drug-likeness (QED) is 0.900. The van der Waals surface area contributed by atoms with Gasteiger partial charge in [-0.3, -0.25) is 4.79 Å². The molecule has 128 valence electrons. The van der Waals surface area contributed by atoms with E-state index in [1.807, 2.05) is 36.1 Å². The van der Waals surface area contributed by atoms with Gasteiger partial charge in [-0.05, 0) is 43.1 Å². The highest BCUT2D eigenvalue weighted by molar-refractivity contribution is 7.05. The van der Waals surface area contributed by atoms with Crippen LogP contribution in [0, 0.1) is 6.92 Å². The molecule has 1 N–H and O–H groups in total. The Morgan fingerprint density at radius 3 is 2.67 bits per heavy atom. The van der Waals surface area contributed by atoms with E-state index in [2.05, 4.69) is 21.8 Å². The number of aryl methyl sites for hydroxylation is 1. The van der Waals surface area contributed by atoms with Crippen molar-refractivity contribution < 1.29 is 9.53 Å². The summed E-state index contributed by atoms with van der Waals surface area (Å²) in [4.78, 5) is 15.3. The number of carbonyl (C=O) groups is 1. The minimum Gasteiger partial charge on any atom is -0.378 e. The maximum Gasteiger partial charge on any atom is 0.227 e. The van der Waals surface area contributed by atoms with Crippen LogP contribution in [0.3, 0.4) is 0 Å². The van der Waals surface area contributed by atoms with E-state index in [1.165, 1.54) is 11.5 Å². The predicted octanol–water partition coefficient (Wildman–Crippen LogP) is 2.42. The number of nitrogens with zero attached hydrogens (tertiary/aromatic N) is 3. The molecule has 1 aromatic heterocycles. The van der Waals surface area contributed by atoms with Crippen LogP contribution in [0.1, 0.15) is 29.1 Å². The standard InChI is InChI=1S/C17H22N4O2S/c1-12(17-13(2)19-20-24-17)18-15-5-3-14(4-6-15)11-16(22)21-7-9-23-10-8-21/h3-6,12,18H,7-11H2,1-2H3. The molecular weight excluding hydrogens is 324 g/mol. The molecule has 1 unspecified atom stereocenters. The topological polar surface area (TPSA) is 67.4 Å². The molecule has 6 nitrogen and oxygen atoms in total. The number of hydrogen-bond donors (Lipinski definition) is 1. The van der Waals surface area contributed by atoms with Crippen molar-refractivity contribution in [3.8, 4) is 0 Å². The molecular formula is C17H22N4O2S. The van der Waals surface area contributed by atoms with Crippen molar-refractivity contribution in [2.24, 2.45) is 0 Å². The van der Waals surface area contributed by atoms with Crippen LogP contribution in [0.15, 0.2) is 24.3 Å². The fourth-order valence-electron chi connectivity index (χ4n) is 2.77. The van der Waals surface area contributed by atoms with Gasteiger partial charge in [0.05, 0.1) is 36.2 Å². The summed E-state index contributed by atoms with van der Waals surface area (Å²) in [6.07, 6.45) is 0.438. The summed E-state index contributed by atoms with van der Waals surface area (Å²) < 4.78 is 9.26. The van der Waals surface area contributed by atoms with Crippen LogP contribution >= 0.6 is 11.5 Å². The summed E-state index contributed by atoms with van der Waals surface area (Å²) in [5.74, 6) is 0.165. The minimum absolute atomic E-state index is 0.158. The molecule has 1 atom stereocenters. The van der Waals surface area contributed by atoms with Gasteiger partial charge in [0.25, 0.3) is 0 Å². The molecule has 1 amide bonds. The van der Waals surface area contributed by atoms with Gasteiger partial charge in [0.15, 0.2) is 0 Å². The minimum atomic E-state index is 0.158. The monoisotopic (exact) mass is 346 g/mol. The molecule has 2 heterocycles. The molecule has 2 aromatic rings. The van der Waals surface area contributed by atoms with Crippen LogP contribution in [-0.2, 0) is 16.0 Å². The summed E-state index contributed by atoms with van der Waals surface area (Å²) in [6.45, 7) is 6.72. The molecule has 24 heavy (non-hydrogen) atoms. The van der Waals surface area contributed by atoms with Crippen LogP contribution in [-0.4, -0.2) is 46.7 Å². The van der Waals surface area contributed by atoms with E-state index in [0.717, 1.165) is 21.8 Å². The van der Waals surface area contributed by atoms with Gasteiger partial charge in [0, 0.05) is 18.8 Å². The van der Waals surface area contributed by atoms with Crippen molar-refractivity contribution in [2.75, 3.05) is 31.6 Å². The van der Waals surface area contributed by atoms with Crippen LogP contribution in [0.25, 0.3) is 0 Å². The van der Waals surface area contributed by atoms with E-state index in [9.17, 15) is 4.79 Å². The number of anilines is 1. The highest BCUT2D eigenvalue weighted by Crippen LogP contribution is 2.24. The Kier molecular flexibility index (Phi) is 5.42. The lowest BCUT2D eigenvalue weighted by Crippen LogP contribution is -2.41. The predicted molar refractivity (Wildman–Crippen MR) is 94.2 cm³/mol. The summed E-state index contributed by atoms with van der Waals surface area (Å²) in [6, 6.07) is 8.20. The summed E-state index contributed by atoms with van der Waals surface area (Å²) in [5.41, 5.74) is 3.02. The second kappa shape index (κ2) is 7.72. The molecule has 1 saturated heterocycles. The zero-order chi connectivity index (χ0) is 16.9. The number of rotatable bonds is 5. The van der Waals surface area contributed by atoms with Gasteiger partial charge >= 0.3 is 0 Å². The Morgan fingerprint density at radius 1 is 1.33 bits per heavy atom. The Labute approximate surface area is 146 Å². The van der Waals surface area contributed by atoms with E-state index in [1.54, 1.807) is 0 Å². The summed E-state index contributed by atoms with van der Waals surface area (Å²) in [5, 5.41) is 7.50. The molecule has 0 bridgehead atoms. The largest absolute Gasteiger partial charge is 0.378 e. The van der Waals surface area contributed by atoms with Gasteiger partial charge in [-0.2, -0.15) is 0 Å². The van der Waals surface area contributed by atoms with Crippen LogP contribution < -0.4 is 5.32 Å². The first kappa shape index (κ1) is 16.9. The average Bonchev–Trinajstić information content (AvgIpc) is 3.03. The third-order valence-corrected chi connectivity index (χ3v) is 5.15. The number of nitrogens with one attached hydrogen (secondary N) is 1. The van der Waals surface area contributed by atoms with E-state index in [0.29, 0.717) is 32.7 Å². The molecule has 0 radical (unpaired) electrons. The van der Waals surface area contributed by atoms with E-state index in [-0.39, 0.29) is 11.9 Å². The Hall–Kier alpha value is -1.99. The highest BCUT2D eigenvalue weighted by Gasteiger charge is 2.17. The number of hydrogen-bond acceptors (Lipinski definition) is 6. The second-order valence-corrected chi connectivity index (χ2v) is 6.74. The lowest BCUT2D eigenvalue weighted by Gasteiger charge is -2.26. The Bertz CT molecular complexity index is 680. The molecule has 1 aromatic carbocycles. The molecule has 3 rings (SSSR count). The first-order valence-electron chi connectivity index (χ1n) is 8.13. The molecule has 7 heteroatoms. The van der Waals surface area contributed by atoms with Crippen molar-refractivity contribution in [1.82, 2.24) is 14.5 Å². The van der Waals surface area contributed by atoms with Crippen molar-refractivity contribution in [3.63, 3.8) is 0 Å². The highest BCUT2D eigenvalue weighted by atomic mass is 32.1. The zero-order valence-electron chi connectivity index (χ0n) is 14.0. The number of amides is 1. The first-order chi connectivity index (χ1) is 11.6.